The first kappa shape index (κ1) is 39.5. The zero-order valence-corrected chi connectivity index (χ0v) is 29.7. The van der Waals surface area contributed by atoms with E-state index in [4.69, 9.17) is 9.97 Å². The van der Waals surface area contributed by atoms with Crippen molar-refractivity contribution in [2.45, 2.75) is 79.1 Å². The molecule has 0 aromatic carbocycles. The number of aliphatic carboxylic acids is 4. The topological polar surface area (TPSA) is 207 Å². The molecule has 0 atom stereocenters. The van der Waals surface area contributed by atoms with Gasteiger partial charge in [0.15, 0.2) is 0 Å². The van der Waals surface area contributed by atoms with Gasteiger partial charge in [-0.25, -0.2) is 9.97 Å². The van der Waals surface area contributed by atoms with E-state index in [1.807, 2.05) is 52.0 Å². The minimum atomic E-state index is -0.948. The van der Waals surface area contributed by atoms with E-state index in [0.29, 0.717) is 44.8 Å². The summed E-state index contributed by atoms with van der Waals surface area (Å²) in [6, 6.07) is 7.40. The fourth-order valence-electron chi connectivity index (χ4n) is 6.42. The Bertz CT molecular complexity index is 2110. The third-order valence-electron chi connectivity index (χ3n) is 9.16. The van der Waals surface area contributed by atoms with Crippen LogP contribution < -0.4 is 0 Å². The van der Waals surface area contributed by atoms with Crippen molar-refractivity contribution in [3.63, 3.8) is 0 Å². The van der Waals surface area contributed by atoms with Gasteiger partial charge in [0, 0.05) is 47.8 Å². The molecule has 2 aliphatic heterocycles. The Hall–Kier alpha value is -4.94. The predicted molar refractivity (Wildman–Crippen MR) is 196 cm³/mol. The molecule has 0 aliphatic carbocycles. The molecule has 6 N–H and O–H groups in total. The minimum Gasteiger partial charge on any atom is -0.481 e. The number of fused-ring (bicyclic) bond motifs is 8. The summed E-state index contributed by atoms with van der Waals surface area (Å²) >= 11 is 0. The van der Waals surface area contributed by atoms with E-state index < -0.39 is 23.9 Å². The summed E-state index contributed by atoms with van der Waals surface area (Å²) in [5.41, 5.74) is 11.4. The van der Waals surface area contributed by atoms with E-state index in [-0.39, 0.29) is 76.2 Å². The maximum absolute atomic E-state index is 11.6. The van der Waals surface area contributed by atoms with Gasteiger partial charge >= 0.3 is 23.9 Å². The van der Waals surface area contributed by atoms with E-state index in [0.717, 1.165) is 44.5 Å². The van der Waals surface area contributed by atoms with Crippen LogP contribution in [0.15, 0.2) is 24.3 Å². The number of aromatic nitrogens is 4. The molecule has 5 heterocycles. The van der Waals surface area contributed by atoms with E-state index in [1.54, 1.807) is 0 Å². The van der Waals surface area contributed by atoms with Crippen LogP contribution in [0, 0.1) is 13.8 Å². The predicted octanol–water partition coefficient (Wildman–Crippen LogP) is 7.40. The Morgan fingerprint density at radius 1 is 0.500 bits per heavy atom. The van der Waals surface area contributed by atoms with E-state index in [2.05, 4.69) is 9.97 Å². The molecule has 50 heavy (non-hydrogen) atoms. The molecule has 0 amide bonds. The van der Waals surface area contributed by atoms with Crippen LogP contribution in [-0.4, -0.2) is 64.2 Å². The lowest BCUT2D eigenvalue weighted by Gasteiger charge is -2.03. The van der Waals surface area contributed by atoms with Crippen LogP contribution in [0.3, 0.4) is 0 Å². The largest absolute Gasteiger partial charge is 0.481 e. The number of H-pyrrole nitrogens is 2. The van der Waals surface area contributed by atoms with Gasteiger partial charge in [0.1, 0.15) is 0 Å². The van der Waals surface area contributed by atoms with Crippen molar-refractivity contribution in [1.82, 2.24) is 19.9 Å². The SMILES string of the molecule is CC1=C(CCC(=O)O)c2cc3[nH]c(cc4[nH]c(cc5nc(cc1n2)C(C)=C5CCC(=O)O)c(CCC(=O)O)c4C)c(CCC(=O)O)c3C.Cl.Cl. The van der Waals surface area contributed by atoms with Crippen LogP contribution in [0.25, 0.3) is 44.4 Å². The first-order valence-electron chi connectivity index (χ1n) is 15.7. The first-order valence-corrected chi connectivity index (χ1v) is 15.7. The molecule has 0 spiro atoms. The number of nitrogens with one attached hydrogen (secondary N) is 2. The van der Waals surface area contributed by atoms with Crippen LogP contribution in [0.4, 0.5) is 0 Å². The maximum Gasteiger partial charge on any atom is 0.303 e. The molecule has 0 radical (unpaired) electrons. The number of aromatic amines is 2. The van der Waals surface area contributed by atoms with E-state index in [9.17, 15) is 39.6 Å². The lowest BCUT2D eigenvalue weighted by atomic mass is 9.99. The molecular formula is C36H40Cl2N4O8. The molecule has 0 saturated carbocycles. The number of nitrogens with zero attached hydrogens (tertiary/aromatic N) is 2. The molecule has 14 heteroatoms. The molecule has 0 fully saturated rings. The highest BCUT2D eigenvalue weighted by atomic mass is 35.5. The van der Waals surface area contributed by atoms with Crippen LogP contribution in [0.1, 0.15) is 97.4 Å². The van der Waals surface area contributed by atoms with Crippen molar-refractivity contribution < 1.29 is 39.6 Å². The van der Waals surface area contributed by atoms with Crippen LogP contribution in [-0.2, 0) is 32.0 Å². The second kappa shape index (κ2) is 16.2. The Morgan fingerprint density at radius 3 is 1.24 bits per heavy atom. The first-order chi connectivity index (χ1) is 22.7. The molecule has 12 nitrogen and oxygen atoms in total. The molecule has 5 rings (SSSR count). The van der Waals surface area contributed by atoms with Gasteiger partial charge in [0.05, 0.1) is 22.8 Å². The van der Waals surface area contributed by atoms with Crippen molar-refractivity contribution in [2.24, 2.45) is 0 Å². The highest BCUT2D eigenvalue weighted by molar-refractivity contribution is 5.96. The van der Waals surface area contributed by atoms with Crippen molar-refractivity contribution in [3.8, 4) is 0 Å². The zero-order valence-electron chi connectivity index (χ0n) is 28.1. The number of hydrogen-bond donors (Lipinski definition) is 6. The maximum atomic E-state index is 11.6. The fraction of sp³-hybridized carbons (Fsp3) is 0.333. The summed E-state index contributed by atoms with van der Waals surface area (Å²) in [4.78, 5) is 63.1. The van der Waals surface area contributed by atoms with Crippen molar-refractivity contribution in [3.05, 3.63) is 69.3 Å². The monoisotopic (exact) mass is 726 g/mol. The molecule has 3 aromatic rings. The summed E-state index contributed by atoms with van der Waals surface area (Å²) in [6.07, 6.45) is 0.578. The Morgan fingerprint density at radius 2 is 0.840 bits per heavy atom. The van der Waals surface area contributed by atoms with Gasteiger partial charge in [-0.15, -0.1) is 24.8 Å². The second-order valence-electron chi connectivity index (χ2n) is 12.2. The van der Waals surface area contributed by atoms with Crippen molar-refractivity contribution >= 4 is 93.1 Å². The summed E-state index contributed by atoms with van der Waals surface area (Å²) in [5.74, 6) is -3.76. The second-order valence-corrected chi connectivity index (χ2v) is 12.2. The van der Waals surface area contributed by atoms with Gasteiger partial charge in [0.2, 0.25) is 0 Å². The number of carboxylic acid groups (broad SMARTS) is 4. The van der Waals surface area contributed by atoms with Gasteiger partial charge in [-0.1, -0.05) is 0 Å². The average molecular weight is 728 g/mol. The molecule has 8 bridgehead atoms. The lowest BCUT2D eigenvalue weighted by molar-refractivity contribution is -0.138. The molecule has 2 aliphatic rings. The van der Waals surface area contributed by atoms with Crippen LogP contribution >= 0.6 is 24.8 Å². The number of carbonyl (C=O) groups is 4. The summed E-state index contributed by atoms with van der Waals surface area (Å²) in [7, 11) is 0. The third-order valence-corrected chi connectivity index (χ3v) is 9.16. The molecular weight excluding hydrogens is 687 g/mol. The Kier molecular flexibility index (Phi) is 12.8. The van der Waals surface area contributed by atoms with Crippen LogP contribution in [0.2, 0.25) is 0 Å². The summed E-state index contributed by atoms with van der Waals surface area (Å²) in [6.45, 7) is 7.56. The van der Waals surface area contributed by atoms with Gasteiger partial charge < -0.3 is 30.4 Å². The van der Waals surface area contributed by atoms with E-state index in [1.165, 1.54) is 0 Å². The summed E-state index contributed by atoms with van der Waals surface area (Å²) < 4.78 is 0. The minimum absolute atomic E-state index is 0. The molecule has 0 saturated heterocycles. The highest BCUT2D eigenvalue weighted by Gasteiger charge is 2.23. The number of carboxylic acids is 4. The zero-order chi connectivity index (χ0) is 34.9. The normalized spacial score (nSPS) is 12.4. The smallest absolute Gasteiger partial charge is 0.303 e. The van der Waals surface area contributed by atoms with Gasteiger partial charge in [-0.2, -0.15) is 0 Å². The average Bonchev–Trinajstić information content (AvgIpc) is 3.66. The van der Waals surface area contributed by atoms with E-state index >= 15 is 0 Å². The Labute approximate surface area is 300 Å². The quantitative estimate of drug-likeness (QED) is 0.109. The third kappa shape index (κ3) is 8.43. The molecule has 3 aromatic heterocycles. The number of halogens is 2. The standard InChI is InChI=1S/C36H38N4O8.2ClH/c1-17-21(5-9-33(41)42)29-14-27-19(3)22(6-10-34(43)44)30(39-27)15-28-20(4)24(8-12-36(47)48)32(40-28)16-31-23(7-11-35(45)46)18(2)26(38-31)13-25(17)37-29;;/h13-16,39-40H,5-12H2,1-4H3,(H,41,42)(H,43,44)(H,45,46)(H,47,48);2*1H. The fourth-order valence-corrected chi connectivity index (χ4v) is 6.42. The van der Waals surface area contributed by atoms with Crippen molar-refractivity contribution in [2.75, 3.05) is 0 Å². The number of allylic oxidation sites excluding steroid dienone is 4. The molecule has 0 unspecified atom stereocenters. The van der Waals surface area contributed by atoms with Crippen molar-refractivity contribution in [1.29, 1.82) is 0 Å². The summed E-state index contributed by atoms with van der Waals surface area (Å²) in [5, 5.41) is 38.0. The number of rotatable bonds is 12. The molecule has 266 valence electrons. The Balaban J connectivity index is 0.00000338. The van der Waals surface area contributed by atoms with Gasteiger partial charge in [-0.3, -0.25) is 19.2 Å². The highest BCUT2D eigenvalue weighted by Crippen LogP contribution is 2.38. The van der Waals surface area contributed by atoms with Crippen LogP contribution in [0.5, 0.6) is 0 Å². The van der Waals surface area contributed by atoms with Gasteiger partial charge in [-0.05, 0) is 122 Å². The number of hydrogen-bond acceptors (Lipinski definition) is 6. The van der Waals surface area contributed by atoms with Gasteiger partial charge in [0.25, 0.3) is 0 Å². The number of aryl methyl sites for hydroxylation is 4. The lowest BCUT2D eigenvalue weighted by Crippen LogP contribution is -1.98.